The summed E-state index contributed by atoms with van der Waals surface area (Å²) in [5.74, 6) is -0.173. The largest absolute Gasteiger partial charge is 0.367 e. The topological polar surface area (TPSA) is 38.3 Å². The Morgan fingerprint density at radius 1 is 1.11 bits per heavy atom. The normalized spacial score (nSPS) is 10.2. The van der Waals surface area contributed by atoms with Gasteiger partial charge in [0.1, 0.15) is 6.61 Å². The smallest absolute Gasteiger partial charge is 0.250 e. The van der Waals surface area contributed by atoms with Crippen LogP contribution >= 0.6 is 11.6 Å². The van der Waals surface area contributed by atoms with Crippen molar-refractivity contribution >= 4 is 23.2 Å². The maximum absolute atomic E-state index is 11.6. The second-order valence-corrected chi connectivity index (χ2v) is 4.47. The molecular weight excluding hydrogens is 262 g/mol. The quantitative estimate of drug-likeness (QED) is 0.907. The number of nitrogens with one attached hydrogen (secondary N) is 1. The predicted octanol–water partition coefficient (Wildman–Crippen LogP) is 3.50. The third-order valence-corrected chi connectivity index (χ3v) is 2.68. The zero-order valence-corrected chi connectivity index (χ0v) is 11.1. The van der Waals surface area contributed by atoms with Gasteiger partial charge in [-0.2, -0.15) is 0 Å². The van der Waals surface area contributed by atoms with E-state index in [1.807, 2.05) is 48.5 Å². The van der Waals surface area contributed by atoms with Crippen molar-refractivity contribution in [3.8, 4) is 0 Å². The van der Waals surface area contributed by atoms with Gasteiger partial charge in [0, 0.05) is 10.7 Å². The Labute approximate surface area is 117 Å². The van der Waals surface area contributed by atoms with E-state index in [0.717, 1.165) is 11.3 Å². The molecule has 0 spiro atoms. The monoisotopic (exact) mass is 275 g/mol. The Hall–Kier alpha value is -1.84. The molecule has 98 valence electrons. The minimum absolute atomic E-state index is 0.0153. The van der Waals surface area contributed by atoms with Crippen molar-refractivity contribution in [3.05, 3.63) is 65.2 Å². The van der Waals surface area contributed by atoms with Gasteiger partial charge in [-0.1, -0.05) is 41.9 Å². The summed E-state index contributed by atoms with van der Waals surface area (Å²) in [6, 6.07) is 16.6. The molecule has 19 heavy (non-hydrogen) atoms. The predicted molar refractivity (Wildman–Crippen MR) is 76.2 cm³/mol. The van der Waals surface area contributed by atoms with Crippen LogP contribution in [0, 0.1) is 0 Å². The van der Waals surface area contributed by atoms with Gasteiger partial charge < -0.3 is 10.1 Å². The number of halogens is 1. The van der Waals surface area contributed by atoms with Crippen LogP contribution in [0.1, 0.15) is 5.56 Å². The van der Waals surface area contributed by atoms with Gasteiger partial charge in [0.25, 0.3) is 0 Å². The molecule has 0 heterocycles. The van der Waals surface area contributed by atoms with E-state index >= 15 is 0 Å². The van der Waals surface area contributed by atoms with Gasteiger partial charge in [0.05, 0.1) is 6.61 Å². The molecule has 0 atom stereocenters. The molecule has 0 saturated carbocycles. The molecule has 0 fully saturated rings. The van der Waals surface area contributed by atoms with Crippen molar-refractivity contribution in [2.75, 3.05) is 11.9 Å². The van der Waals surface area contributed by atoms with Gasteiger partial charge >= 0.3 is 0 Å². The van der Waals surface area contributed by atoms with Gasteiger partial charge in [-0.3, -0.25) is 4.79 Å². The Bertz CT molecular complexity index is 543. The fraction of sp³-hybridized carbons (Fsp3) is 0.133. The number of rotatable bonds is 5. The number of carbonyl (C=O) groups is 1. The lowest BCUT2D eigenvalue weighted by atomic mass is 10.2. The highest BCUT2D eigenvalue weighted by Crippen LogP contribution is 2.11. The van der Waals surface area contributed by atoms with Gasteiger partial charge in [0.15, 0.2) is 0 Å². The molecule has 0 bridgehead atoms. The Balaban J connectivity index is 1.75. The van der Waals surface area contributed by atoms with Crippen LogP contribution in [0.5, 0.6) is 0 Å². The van der Waals surface area contributed by atoms with Gasteiger partial charge in [-0.15, -0.1) is 0 Å². The second kappa shape index (κ2) is 6.92. The molecule has 0 saturated heterocycles. The number of para-hydroxylation sites is 1. The summed E-state index contributed by atoms with van der Waals surface area (Å²) in [5.41, 5.74) is 1.71. The van der Waals surface area contributed by atoms with Crippen LogP contribution in [0.15, 0.2) is 54.6 Å². The minimum atomic E-state index is -0.173. The maximum Gasteiger partial charge on any atom is 0.250 e. The third-order valence-electron chi connectivity index (χ3n) is 2.45. The third kappa shape index (κ3) is 4.73. The minimum Gasteiger partial charge on any atom is -0.367 e. The zero-order valence-electron chi connectivity index (χ0n) is 10.3. The second-order valence-electron chi connectivity index (χ2n) is 4.04. The van der Waals surface area contributed by atoms with Gasteiger partial charge in [0.2, 0.25) is 5.91 Å². The highest BCUT2D eigenvalue weighted by Gasteiger charge is 2.02. The summed E-state index contributed by atoms with van der Waals surface area (Å²) in [6.45, 7) is 0.379. The number of carbonyl (C=O) groups excluding carboxylic acids is 1. The Kier molecular flexibility index (Phi) is 4.95. The molecule has 0 radical (unpaired) electrons. The number of anilines is 1. The van der Waals surface area contributed by atoms with Crippen LogP contribution in [0.4, 0.5) is 5.69 Å². The average Bonchev–Trinajstić information content (AvgIpc) is 2.40. The van der Waals surface area contributed by atoms with Crippen LogP contribution < -0.4 is 5.32 Å². The summed E-state index contributed by atoms with van der Waals surface area (Å²) in [5, 5.41) is 3.41. The summed E-state index contributed by atoms with van der Waals surface area (Å²) in [6.07, 6.45) is 0. The molecule has 3 nitrogen and oxygen atoms in total. The van der Waals surface area contributed by atoms with Crippen LogP contribution in [-0.2, 0) is 16.1 Å². The van der Waals surface area contributed by atoms with Gasteiger partial charge in [-0.25, -0.2) is 0 Å². The van der Waals surface area contributed by atoms with E-state index in [4.69, 9.17) is 16.3 Å². The Morgan fingerprint density at radius 3 is 2.63 bits per heavy atom. The molecule has 4 heteroatoms. The van der Waals surface area contributed by atoms with Crippen molar-refractivity contribution in [2.24, 2.45) is 0 Å². The standard InChI is InChI=1S/C15H14ClNO2/c16-13-6-4-5-12(9-13)10-19-11-15(18)17-14-7-2-1-3-8-14/h1-9H,10-11H2,(H,17,18). The molecular formula is C15H14ClNO2. The van der Waals surface area contributed by atoms with Crippen molar-refractivity contribution < 1.29 is 9.53 Å². The molecule has 1 N–H and O–H groups in total. The fourth-order valence-corrected chi connectivity index (χ4v) is 1.82. The summed E-state index contributed by atoms with van der Waals surface area (Å²) in [4.78, 5) is 11.6. The lowest BCUT2D eigenvalue weighted by Crippen LogP contribution is -2.18. The van der Waals surface area contributed by atoms with Crippen molar-refractivity contribution in [3.63, 3.8) is 0 Å². The summed E-state index contributed by atoms with van der Waals surface area (Å²) in [7, 11) is 0. The maximum atomic E-state index is 11.6. The number of amides is 1. The Morgan fingerprint density at radius 2 is 1.89 bits per heavy atom. The SMILES string of the molecule is O=C(COCc1cccc(Cl)c1)Nc1ccccc1. The molecule has 2 rings (SSSR count). The van der Waals surface area contributed by atoms with Gasteiger partial charge in [-0.05, 0) is 29.8 Å². The number of benzene rings is 2. The number of hydrogen-bond acceptors (Lipinski definition) is 2. The molecule has 0 aliphatic rings. The highest BCUT2D eigenvalue weighted by atomic mass is 35.5. The van der Waals surface area contributed by atoms with Crippen LogP contribution in [0.25, 0.3) is 0 Å². The number of ether oxygens (including phenoxy) is 1. The molecule has 2 aromatic carbocycles. The van der Waals surface area contributed by atoms with E-state index in [-0.39, 0.29) is 12.5 Å². The van der Waals surface area contributed by atoms with Crippen molar-refractivity contribution in [1.29, 1.82) is 0 Å². The molecule has 0 aliphatic carbocycles. The van der Waals surface area contributed by atoms with Crippen molar-refractivity contribution in [2.45, 2.75) is 6.61 Å². The molecule has 0 unspecified atom stereocenters. The van der Waals surface area contributed by atoms with E-state index in [9.17, 15) is 4.79 Å². The van der Waals surface area contributed by atoms with E-state index in [1.165, 1.54) is 0 Å². The first-order valence-corrected chi connectivity index (χ1v) is 6.29. The zero-order chi connectivity index (χ0) is 13.5. The first-order chi connectivity index (χ1) is 9.24. The lowest BCUT2D eigenvalue weighted by molar-refractivity contribution is -0.121. The highest BCUT2D eigenvalue weighted by molar-refractivity contribution is 6.30. The van der Waals surface area contributed by atoms with E-state index in [0.29, 0.717) is 11.6 Å². The molecule has 2 aromatic rings. The fourth-order valence-electron chi connectivity index (χ4n) is 1.61. The molecule has 1 amide bonds. The van der Waals surface area contributed by atoms with Crippen LogP contribution in [0.2, 0.25) is 5.02 Å². The van der Waals surface area contributed by atoms with E-state index in [2.05, 4.69) is 5.32 Å². The van der Waals surface area contributed by atoms with E-state index < -0.39 is 0 Å². The molecule has 0 aromatic heterocycles. The summed E-state index contributed by atoms with van der Waals surface area (Å²) >= 11 is 5.86. The van der Waals surface area contributed by atoms with Crippen molar-refractivity contribution in [1.82, 2.24) is 0 Å². The van der Waals surface area contributed by atoms with Crippen LogP contribution in [-0.4, -0.2) is 12.5 Å². The first-order valence-electron chi connectivity index (χ1n) is 5.91. The number of hydrogen-bond donors (Lipinski definition) is 1. The first kappa shape index (κ1) is 13.6. The lowest BCUT2D eigenvalue weighted by Gasteiger charge is -2.06. The van der Waals surface area contributed by atoms with E-state index in [1.54, 1.807) is 6.07 Å². The van der Waals surface area contributed by atoms with Crippen LogP contribution in [0.3, 0.4) is 0 Å². The summed E-state index contributed by atoms with van der Waals surface area (Å²) < 4.78 is 5.34. The molecule has 0 aliphatic heterocycles. The average molecular weight is 276 g/mol.